The molecule has 2 atom stereocenters. The van der Waals surface area contributed by atoms with Gasteiger partial charge in [0.2, 0.25) is 5.91 Å². The first-order valence-electron chi connectivity index (χ1n) is 9.71. The minimum Gasteiger partial charge on any atom is -0.356 e. The van der Waals surface area contributed by atoms with Gasteiger partial charge in [-0.05, 0) is 48.4 Å². The Kier molecular flexibility index (Phi) is 7.57. The summed E-state index contributed by atoms with van der Waals surface area (Å²) in [6.45, 7) is 7.22. The molecule has 2 aromatic rings. The summed E-state index contributed by atoms with van der Waals surface area (Å²) in [5.41, 5.74) is 1.15. The first kappa shape index (κ1) is 20.9. The molecule has 28 heavy (non-hydrogen) atoms. The number of piperidine rings is 1. The lowest BCUT2D eigenvalue weighted by Gasteiger charge is -2.35. The van der Waals surface area contributed by atoms with Crippen molar-refractivity contribution >= 4 is 35.1 Å². The second-order valence-electron chi connectivity index (χ2n) is 7.56. The molecule has 5 nitrogen and oxygen atoms in total. The second-order valence-corrected chi connectivity index (χ2v) is 8.94. The predicted molar refractivity (Wildman–Crippen MR) is 116 cm³/mol. The van der Waals surface area contributed by atoms with E-state index in [2.05, 4.69) is 34.0 Å². The monoisotopic (exact) mass is 418 g/mol. The maximum absolute atomic E-state index is 12.1. The van der Waals surface area contributed by atoms with E-state index >= 15 is 0 Å². The predicted octanol–water partition coefficient (Wildman–Crippen LogP) is 4.06. The average Bonchev–Trinajstić information content (AvgIpc) is 2.67. The van der Waals surface area contributed by atoms with Crippen LogP contribution in [0.4, 0.5) is 5.82 Å². The molecule has 1 aliphatic heterocycles. The van der Waals surface area contributed by atoms with Gasteiger partial charge >= 0.3 is 0 Å². The molecule has 1 fully saturated rings. The lowest BCUT2D eigenvalue weighted by molar-refractivity contribution is -0.118. The normalized spacial score (nSPS) is 19.5. The third-order valence-corrected chi connectivity index (χ3v) is 5.91. The number of carbonyl (C=O) groups is 1. The van der Waals surface area contributed by atoms with Gasteiger partial charge in [0.25, 0.3) is 0 Å². The van der Waals surface area contributed by atoms with Crippen LogP contribution in [0.5, 0.6) is 0 Å². The second kappa shape index (κ2) is 10.1. The Morgan fingerprint density at radius 1 is 1.21 bits per heavy atom. The third-order valence-electron chi connectivity index (χ3n) is 4.79. The van der Waals surface area contributed by atoms with E-state index in [0.29, 0.717) is 29.3 Å². The zero-order valence-electron chi connectivity index (χ0n) is 16.4. The quantitative estimate of drug-likeness (QED) is 0.542. The van der Waals surface area contributed by atoms with Gasteiger partial charge in [0, 0.05) is 30.9 Å². The van der Waals surface area contributed by atoms with Crippen molar-refractivity contribution in [2.24, 2.45) is 11.8 Å². The SMILES string of the molecule is CC1CC(C)CN(c2ccnc(SCC(=O)NCCc3ccc(Cl)cc3)n2)C1. The van der Waals surface area contributed by atoms with Crippen LogP contribution in [0.15, 0.2) is 41.7 Å². The van der Waals surface area contributed by atoms with Crippen molar-refractivity contribution in [1.82, 2.24) is 15.3 Å². The van der Waals surface area contributed by atoms with Crippen LogP contribution in [0.25, 0.3) is 0 Å². The Hall–Kier alpha value is -1.79. The van der Waals surface area contributed by atoms with Crippen molar-refractivity contribution in [3.63, 3.8) is 0 Å². The van der Waals surface area contributed by atoms with Gasteiger partial charge in [0.05, 0.1) is 5.75 Å². The largest absolute Gasteiger partial charge is 0.356 e. The maximum atomic E-state index is 12.1. The number of nitrogens with one attached hydrogen (secondary N) is 1. The molecule has 1 saturated heterocycles. The van der Waals surface area contributed by atoms with Crippen LogP contribution in [-0.4, -0.2) is 41.3 Å². The van der Waals surface area contributed by atoms with Crippen molar-refractivity contribution in [2.75, 3.05) is 30.3 Å². The average molecular weight is 419 g/mol. The number of anilines is 1. The maximum Gasteiger partial charge on any atom is 0.230 e. The molecule has 1 N–H and O–H groups in total. The highest BCUT2D eigenvalue weighted by molar-refractivity contribution is 7.99. The Bertz CT molecular complexity index is 776. The van der Waals surface area contributed by atoms with Crippen molar-refractivity contribution < 1.29 is 4.79 Å². The molecular formula is C21H27ClN4OS. The summed E-state index contributed by atoms with van der Waals surface area (Å²) >= 11 is 7.26. The molecule has 0 aliphatic carbocycles. The van der Waals surface area contributed by atoms with E-state index in [1.807, 2.05) is 30.3 Å². The fourth-order valence-electron chi connectivity index (χ4n) is 3.61. The molecule has 1 aliphatic rings. The van der Waals surface area contributed by atoms with Gasteiger partial charge in [-0.2, -0.15) is 0 Å². The van der Waals surface area contributed by atoms with Crippen molar-refractivity contribution in [3.05, 3.63) is 47.1 Å². The lowest BCUT2D eigenvalue weighted by atomic mass is 9.92. The third kappa shape index (κ3) is 6.38. The van der Waals surface area contributed by atoms with Crippen LogP contribution in [0.3, 0.4) is 0 Å². The number of nitrogens with zero attached hydrogens (tertiary/aromatic N) is 3. The summed E-state index contributed by atoms with van der Waals surface area (Å²) in [6, 6.07) is 9.64. The molecule has 0 radical (unpaired) electrons. The number of benzene rings is 1. The number of thioether (sulfide) groups is 1. The topological polar surface area (TPSA) is 58.1 Å². The highest BCUT2D eigenvalue weighted by Gasteiger charge is 2.23. The molecule has 7 heteroatoms. The van der Waals surface area contributed by atoms with E-state index < -0.39 is 0 Å². The van der Waals surface area contributed by atoms with Gasteiger partial charge in [-0.3, -0.25) is 4.79 Å². The standard InChI is InChI=1S/C21H27ClN4OS/c1-15-11-16(2)13-26(12-15)19-8-10-24-21(25-19)28-14-20(27)23-9-7-17-3-5-18(22)6-4-17/h3-6,8,10,15-16H,7,9,11-14H2,1-2H3,(H,23,27). The summed E-state index contributed by atoms with van der Waals surface area (Å²) < 4.78 is 0. The smallest absolute Gasteiger partial charge is 0.230 e. The van der Waals surface area contributed by atoms with Crippen molar-refractivity contribution in [3.8, 4) is 0 Å². The number of halogens is 1. The zero-order chi connectivity index (χ0) is 19.9. The fourth-order valence-corrected chi connectivity index (χ4v) is 4.39. The van der Waals surface area contributed by atoms with Gasteiger partial charge in [-0.25, -0.2) is 9.97 Å². The van der Waals surface area contributed by atoms with Crippen LogP contribution in [0, 0.1) is 11.8 Å². The number of amides is 1. The molecule has 150 valence electrons. The Morgan fingerprint density at radius 3 is 2.64 bits per heavy atom. The van der Waals surface area contributed by atoms with Crippen molar-refractivity contribution in [2.45, 2.75) is 31.8 Å². The highest BCUT2D eigenvalue weighted by Crippen LogP contribution is 2.26. The minimum absolute atomic E-state index is 0.00631. The Balaban J connectivity index is 1.45. The van der Waals surface area contributed by atoms with E-state index in [-0.39, 0.29) is 5.91 Å². The van der Waals surface area contributed by atoms with E-state index in [9.17, 15) is 4.79 Å². The van der Waals surface area contributed by atoms with E-state index in [4.69, 9.17) is 11.6 Å². The van der Waals surface area contributed by atoms with Crippen LogP contribution in [-0.2, 0) is 11.2 Å². The first-order chi connectivity index (χ1) is 13.5. The van der Waals surface area contributed by atoms with Crippen LogP contribution >= 0.6 is 23.4 Å². The van der Waals surface area contributed by atoms with Crippen molar-refractivity contribution in [1.29, 1.82) is 0 Å². The summed E-state index contributed by atoms with van der Waals surface area (Å²) in [7, 11) is 0. The molecule has 1 aromatic carbocycles. The summed E-state index contributed by atoms with van der Waals surface area (Å²) in [5.74, 6) is 2.60. The molecule has 0 bridgehead atoms. The number of aromatic nitrogens is 2. The Labute approximate surface area is 176 Å². The van der Waals surface area contributed by atoms with Crippen LogP contribution < -0.4 is 10.2 Å². The number of hydrogen-bond acceptors (Lipinski definition) is 5. The Morgan fingerprint density at radius 2 is 1.93 bits per heavy atom. The molecule has 1 aromatic heterocycles. The number of carbonyl (C=O) groups excluding carboxylic acids is 1. The van der Waals surface area contributed by atoms with Gasteiger partial charge in [0.15, 0.2) is 5.16 Å². The van der Waals surface area contributed by atoms with Gasteiger partial charge < -0.3 is 10.2 Å². The van der Waals surface area contributed by atoms with Gasteiger partial charge in [-0.15, -0.1) is 0 Å². The first-order valence-corrected chi connectivity index (χ1v) is 11.1. The lowest BCUT2D eigenvalue weighted by Crippen LogP contribution is -2.39. The molecule has 0 spiro atoms. The molecule has 2 heterocycles. The molecule has 1 amide bonds. The fraction of sp³-hybridized carbons (Fsp3) is 0.476. The van der Waals surface area contributed by atoms with Gasteiger partial charge in [0.1, 0.15) is 5.82 Å². The molecule has 3 rings (SSSR count). The van der Waals surface area contributed by atoms with Crippen LogP contribution in [0.1, 0.15) is 25.8 Å². The summed E-state index contributed by atoms with van der Waals surface area (Å²) in [6.07, 6.45) is 3.83. The van der Waals surface area contributed by atoms with Crippen LogP contribution in [0.2, 0.25) is 5.02 Å². The number of hydrogen-bond donors (Lipinski definition) is 1. The van der Waals surface area contributed by atoms with E-state index in [1.165, 1.54) is 18.2 Å². The minimum atomic E-state index is -0.00631. The molecular weight excluding hydrogens is 392 g/mol. The number of rotatable bonds is 7. The summed E-state index contributed by atoms with van der Waals surface area (Å²) in [5, 5.41) is 4.32. The molecule has 0 saturated carbocycles. The van der Waals surface area contributed by atoms with Gasteiger partial charge in [-0.1, -0.05) is 49.3 Å². The highest BCUT2D eigenvalue weighted by atomic mass is 35.5. The zero-order valence-corrected chi connectivity index (χ0v) is 18.0. The van der Waals surface area contributed by atoms with E-state index in [0.717, 1.165) is 35.9 Å². The molecule has 2 unspecified atom stereocenters. The summed E-state index contributed by atoms with van der Waals surface area (Å²) in [4.78, 5) is 23.4. The van der Waals surface area contributed by atoms with E-state index in [1.54, 1.807) is 6.20 Å².